The molecule has 0 aromatic carbocycles. The molecule has 56 valence electrons. The van der Waals surface area contributed by atoms with Crippen molar-refractivity contribution in [3.63, 3.8) is 0 Å². The van der Waals surface area contributed by atoms with Crippen LogP contribution >= 0.6 is 0 Å². The molecule has 1 aliphatic rings. The third-order valence-corrected chi connectivity index (χ3v) is 1.78. The zero-order chi connectivity index (χ0) is 7.56. The maximum absolute atomic E-state index is 11.0. The number of hydrogen-bond donors (Lipinski definition) is 1. The Labute approximate surface area is 59.8 Å². The van der Waals surface area contributed by atoms with Gasteiger partial charge in [0.05, 0.1) is 0 Å². The summed E-state index contributed by atoms with van der Waals surface area (Å²) in [7, 11) is 0. The highest BCUT2D eigenvalue weighted by Gasteiger charge is 2.25. The molecule has 1 unspecified atom stereocenters. The van der Waals surface area contributed by atoms with Gasteiger partial charge in [-0.25, -0.2) is 0 Å². The van der Waals surface area contributed by atoms with Crippen LogP contribution in [0.2, 0.25) is 0 Å². The third kappa shape index (κ3) is 1.35. The minimum absolute atomic E-state index is 0.00630. The monoisotopic (exact) mass is 141 g/mol. The Kier molecular flexibility index (Phi) is 2.04. The van der Waals surface area contributed by atoms with Crippen LogP contribution in [0.15, 0.2) is 0 Å². The van der Waals surface area contributed by atoms with Crippen LogP contribution in [0.1, 0.15) is 19.8 Å². The van der Waals surface area contributed by atoms with Crippen molar-refractivity contribution in [2.75, 3.05) is 6.54 Å². The quantitative estimate of drug-likeness (QED) is 0.593. The Balaban J connectivity index is 2.44. The molecule has 0 aromatic heterocycles. The van der Waals surface area contributed by atoms with Crippen molar-refractivity contribution in [3.05, 3.63) is 0 Å². The van der Waals surface area contributed by atoms with Gasteiger partial charge >= 0.3 is 0 Å². The van der Waals surface area contributed by atoms with Crippen molar-refractivity contribution in [1.82, 2.24) is 5.32 Å². The van der Waals surface area contributed by atoms with Crippen molar-refractivity contribution < 1.29 is 9.59 Å². The molecule has 0 bridgehead atoms. The molecule has 1 rings (SSSR count). The highest BCUT2D eigenvalue weighted by atomic mass is 16.2. The van der Waals surface area contributed by atoms with Crippen molar-refractivity contribution >= 4 is 11.7 Å². The van der Waals surface area contributed by atoms with Crippen LogP contribution in [0.5, 0.6) is 0 Å². The lowest BCUT2D eigenvalue weighted by atomic mass is 10.0. The van der Waals surface area contributed by atoms with Crippen molar-refractivity contribution in [3.8, 4) is 0 Å². The van der Waals surface area contributed by atoms with Gasteiger partial charge in [0.2, 0.25) is 5.91 Å². The summed E-state index contributed by atoms with van der Waals surface area (Å²) in [6.07, 6.45) is 0.937. The summed E-state index contributed by atoms with van der Waals surface area (Å²) < 4.78 is 0. The standard InChI is InChI=1S/C7H11NO2/c1-2-6(9)5-3-7(10)8-4-5/h5H,2-4H2,1H3,(H,8,10). The Morgan fingerprint density at radius 2 is 2.50 bits per heavy atom. The first kappa shape index (κ1) is 7.25. The van der Waals surface area contributed by atoms with Gasteiger partial charge in [0.1, 0.15) is 5.78 Å². The fourth-order valence-electron chi connectivity index (χ4n) is 1.12. The Morgan fingerprint density at radius 1 is 1.80 bits per heavy atom. The number of carbonyl (C=O) groups is 2. The van der Waals surface area contributed by atoms with Crippen LogP contribution in [0.25, 0.3) is 0 Å². The highest BCUT2D eigenvalue weighted by Crippen LogP contribution is 2.11. The maximum atomic E-state index is 11.0. The molecule has 0 saturated carbocycles. The first-order valence-electron chi connectivity index (χ1n) is 3.53. The first-order valence-corrected chi connectivity index (χ1v) is 3.53. The number of ketones is 1. The number of carbonyl (C=O) groups excluding carboxylic acids is 2. The lowest BCUT2D eigenvalue weighted by molar-refractivity contribution is -0.124. The van der Waals surface area contributed by atoms with E-state index in [1.54, 1.807) is 0 Å². The first-order chi connectivity index (χ1) is 4.74. The van der Waals surface area contributed by atoms with Crippen LogP contribution in [0.4, 0.5) is 0 Å². The van der Waals surface area contributed by atoms with E-state index in [4.69, 9.17) is 0 Å². The van der Waals surface area contributed by atoms with E-state index in [0.29, 0.717) is 19.4 Å². The summed E-state index contributed by atoms with van der Waals surface area (Å²) in [6.45, 7) is 2.37. The summed E-state index contributed by atoms with van der Waals surface area (Å²) in [5.41, 5.74) is 0. The topological polar surface area (TPSA) is 46.2 Å². The average Bonchev–Trinajstić information content (AvgIpc) is 2.34. The second-order valence-corrected chi connectivity index (χ2v) is 2.52. The number of nitrogens with one attached hydrogen (secondary N) is 1. The van der Waals surface area contributed by atoms with Crippen LogP contribution < -0.4 is 5.32 Å². The van der Waals surface area contributed by atoms with Gasteiger partial charge in [-0.3, -0.25) is 9.59 Å². The molecule has 0 spiro atoms. The van der Waals surface area contributed by atoms with Gasteiger partial charge < -0.3 is 5.32 Å². The van der Waals surface area contributed by atoms with E-state index < -0.39 is 0 Å². The van der Waals surface area contributed by atoms with Crippen LogP contribution in [-0.4, -0.2) is 18.2 Å². The largest absolute Gasteiger partial charge is 0.355 e. The molecule has 10 heavy (non-hydrogen) atoms. The van der Waals surface area contributed by atoms with Gasteiger partial charge in [0.15, 0.2) is 0 Å². The molecular weight excluding hydrogens is 130 g/mol. The predicted molar refractivity (Wildman–Crippen MR) is 36.4 cm³/mol. The average molecular weight is 141 g/mol. The van der Waals surface area contributed by atoms with Crippen LogP contribution in [-0.2, 0) is 9.59 Å². The third-order valence-electron chi connectivity index (χ3n) is 1.78. The van der Waals surface area contributed by atoms with Gasteiger partial charge in [-0.05, 0) is 0 Å². The number of rotatable bonds is 2. The lowest BCUT2D eigenvalue weighted by Gasteiger charge is -2.00. The molecule has 1 fully saturated rings. The SMILES string of the molecule is CCC(=O)C1CNC(=O)C1. The van der Waals surface area contributed by atoms with Gasteiger partial charge in [0, 0.05) is 25.3 Å². The second kappa shape index (κ2) is 2.82. The van der Waals surface area contributed by atoms with Gasteiger partial charge in [-0.15, -0.1) is 0 Å². The number of hydrogen-bond acceptors (Lipinski definition) is 2. The van der Waals surface area contributed by atoms with Crippen LogP contribution in [0, 0.1) is 5.92 Å². The summed E-state index contributed by atoms with van der Waals surface area (Å²) in [5, 5.41) is 2.63. The fourth-order valence-corrected chi connectivity index (χ4v) is 1.12. The van der Waals surface area contributed by atoms with E-state index in [9.17, 15) is 9.59 Å². The van der Waals surface area contributed by atoms with E-state index in [-0.39, 0.29) is 17.6 Å². The fraction of sp³-hybridized carbons (Fsp3) is 0.714. The summed E-state index contributed by atoms with van der Waals surface area (Å²) in [5.74, 6) is 0.155. The molecule has 1 heterocycles. The van der Waals surface area contributed by atoms with E-state index in [0.717, 1.165) is 0 Å². The Morgan fingerprint density at radius 3 is 2.90 bits per heavy atom. The Bertz CT molecular complexity index is 165. The van der Waals surface area contributed by atoms with Gasteiger partial charge in [-0.2, -0.15) is 0 Å². The van der Waals surface area contributed by atoms with Gasteiger partial charge in [-0.1, -0.05) is 6.92 Å². The van der Waals surface area contributed by atoms with Crippen LogP contribution in [0.3, 0.4) is 0 Å². The molecule has 3 nitrogen and oxygen atoms in total. The van der Waals surface area contributed by atoms with E-state index in [1.807, 2.05) is 6.92 Å². The molecule has 1 saturated heterocycles. The zero-order valence-corrected chi connectivity index (χ0v) is 6.02. The molecule has 1 atom stereocenters. The van der Waals surface area contributed by atoms with Crippen molar-refractivity contribution in [2.24, 2.45) is 5.92 Å². The number of amides is 1. The van der Waals surface area contributed by atoms with Crippen molar-refractivity contribution in [1.29, 1.82) is 0 Å². The predicted octanol–water partition coefficient (Wildman–Crippen LogP) is 0.102. The Hall–Kier alpha value is -0.860. The lowest BCUT2D eigenvalue weighted by Crippen LogP contribution is -2.17. The minimum Gasteiger partial charge on any atom is -0.355 e. The number of Topliss-reactive ketones (excluding diaryl/α,β-unsaturated/α-hetero) is 1. The smallest absolute Gasteiger partial charge is 0.220 e. The molecule has 1 aliphatic heterocycles. The minimum atomic E-state index is -0.0440. The highest BCUT2D eigenvalue weighted by molar-refractivity contribution is 5.90. The van der Waals surface area contributed by atoms with Crippen molar-refractivity contribution in [2.45, 2.75) is 19.8 Å². The second-order valence-electron chi connectivity index (χ2n) is 2.52. The normalized spacial score (nSPS) is 24.5. The maximum Gasteiger partial charge on any atom is 0.220 e. The van der Waals surface area contributed by atoms with Gasteiger partial charge in [0.25, 0.3) is 0 Å². The van der Waals surface area contributed by atoms with E-state index in [2.05, 4.69) is 5.32 Å². The molecule has 0 aromatic rings. The van der Waals surface area contributed by atoms with E-state index in [1.165, 1.54) is 0 Å². The van der Waals surface area contributed by atoms with E-state index >= 15 is 0 Å². The molecule has 3 heteroatoms. The molecular formula is C7H11NO2. The molecule has 1 amide bonds. The summed E-state index contributed by atoms with van der Waals surface area (Å²) in [4.78, 5) is 21.6. The molecule has 0 aliphatic carbocycles. The molecule has 0 radical (unpaired) electrons. The molecule has 1 N–H and O–H groups in total. The summed E-state index contributed by atoms with van der Waals surface area (Å²) in [6, 6.07) is 0. The summed E-state index contributed by atoms with van der Waals surface area (Å²) >= 11 is 0. The zero-order valence-electron chi connectivity index (χ0n) is 6.02.